The molecule has 2 N–H and O–H groups in total. The van der Waals surface area contributed by atoms with Gasteiger partial charge in [-0.2, -0.15) is 5.10 Å². The lowest BCUT2D eigenvalue weighted by atomic mass is 10.0. The van der Waals surface area contributed by atoms with Gasteiger partial charge in [-0.1, -0.05) is 12.1 Å². The summed E-state index contributed by atoms with van der Waals surface area (Å²) in [5.41, 5.74) is 0.777. The van der Waals surface area contributed by atoms with E-state index in [1.54, 1.807) is 18.5 Å². The van der Waals surface area contributed by atoms with Crippen molar-refractivity contribution in [2.45, 2.75) is 50.4 Å². The van der Waals surface area contributed by atoms with E-state index < -0.39 is 6.04 Å². The topological polar surface area (TPSA) is 71.8 Å². The number of aryl methyl sites for hydroxylation is 1. The van der Waals surface area contributed by atoms with Crippen molar-refractivity contribution < 1.29 is 9.18 Å². The highest BCUT2D eigenvalue weighted by molar-refractivity contribution is 5.83. The largest absolute Gasteiger partial charge is 0.352 e. The van der Waals surface area contributed by atoms with E-state index in [9.17, 15) is 9.18 Å². The van der Waals surface area contributed by atoms with Crippen molar-refractivity contribution in [2.75, 3.05) is 0 Å². The van der Waals surface area contributed by atoms with Crippen LogP contribution in [-0.2, 0) is 17.8 Å². The predicted molar refractivity (Wildman–Crippen MR) is 85.6 cm³/mol. The molecule has 126 valence electrons. The van der Waals surface area contributed by atoms with Crippen LogP contribution in [-0.4, -0.2) is 32.8 Å². The summed E-state index contributed by atoms with van der Waals surface area (Å²) >= 11 is 0. The van der Waals surface area contributed by atoms with Crippen molar-refractivity contribution >= 4 is 5.91 Å². The first kappa shape index (κ1) is 15.3. The third-order valence-electron chi connectivity index (χ3n) is 4.60. The van der Waals surface area contributed by atoms with Gasteiger partial charge in [-0.3, -0.25) is 10.1 Å². The SMILES string of the molecule is O=C(NC1CC1)[C@H](N[C@@H]1CCc2ncnn2C1)c1ccc(F)cc1. The van der Waals surface area contributed by atoms with E-state index in [0.717, 1.165) is 37.1 Å². The fourth-order valence-corrected chi connectivity index (χ4v) is 3.10. The Bertz CT molecular complexity index is 725. The molecule has 1 saturated carbocycles. The van der Waals surface area contributed by atoms with Gasteiger partial charge in [0, 0.05) is 18.5 Å². The molecule has 1 amide bonds. The van der Waals surface area contributed by atoms with Crippen LogP contribution in [0.15, 0.2) is 30.6 Å². The van der Waals surface area contributed by atoms with Crippen LogP contribution >= 0.6 is 0 Å². The smallest absolute Gasteiger partial charge is 0.241 e. The van der Waals surface area contributed by atoms with Gasteiger partial charge < -0.3 is 5.32 Å². The van der Waals surface area contributed by atoms with Gasteiger partial charge in [0.1, 0.15) is 24.0 Å². The molecule has 1 aromatic heterocycles. The van der Waals surface area contributed by atoms with Gasteiger partial charge in [0.25, 0.3) is 0 Å². The van der Waals surface area contributed by atoms with E-state index in [2.05, 4.69) is 20.7 Å². The van der Waals surface area contributed by atoms with Gasteiger partial charge in [-0.25, -0.2) is 14.1 Å². The summed E-state index contributed by atoms with van der Waals surface area (Å²) in [7, 11) is 0. The van der Waals surface area contributed by atoms with E-state index in [4.69, 9.17) is 0 Å². The monoisotopic (exact) mass is 329 g/mol. The van der Waals surface area contributed by atoms with Crippen molar-refractivity contribution in [3.63, 3.8) is 0 Å². The van der Waals surface area contributed by atoms with Crippen molar-refractivity contribution in [1.82, 2.24) is 25.4 Å². The first-order chi connectivity index (χ1) is 11.7. The zero-order chi connectivity index (χ0) is 16.5. The number of halogens is 1. The molecule has 1 fully saturated rings. The van der Waals surface area contributed by atoms with Crippen LogP contribution in [0.25, 0.3) is 0 Å². The second-order valence-corrected chi connectivity index (χ2v) is 6.53. The molecule has 2 aliphatic rings. The van der Waals surface area contributed by atoms with Crippen molar-refractivity contribution in [3.05, 3.63) is 47.8 Å². The number of carbonyl (C=O) groups excluding carboxylic acids is 1. The number of nitrogens with zero attached hydrogens (tertiary/aromatic N) is 3. The summed E-state index contributed by atoms with van der Waals surface area (Å²) in [6.45, 7) is 0.684. The molecular formula is C17H20FN5O. The molecule has 24 heavy (non-hydrogen) atoms. The molecule has 7 heteroatoms. The molecule has 4 rings (SSSR count). The second kappa shape index (κ2) is 6.32. The fourth-order valence-electron chi connectivity index (χ4n) is 3.10. The van der Waals surface area contributed by atoms with Crippen LogP contribution in [0.5, 0.6) is 0 Å². The minimum absolute atomic E-state index is 0.0477. The predicted octanol–water partition coefficient (Wildman–Crippen LogP) is 1.34. The quantitative estimate of drug-likeness (QED) is 0.868. The maximum atomic E-state index is 13.2. The van der Waals surface area contributed by atoms with Crippen LogP contribution < -0.4 is 10.6 Å². The highest BCUT2D eigenvalue weighted by atomic mass is 19.1. The number of aromatic nitrogens is 3. The van der Waals surface area contributed by atoms with E-state index in [-0.39, 0.29) is 23.8 Å². The number of fused-ring (bicyclic) bond motifs is 1. The average molecular weight is 329 g/mol. The Hall–Kier alpha value is -2.28. The van der Waals surface area contributed by atoms with Crippen molar-refractivity contribution in [3.8, 4) is 0 Å². The highest BCUT2D eigenvalue weighted by Gasteiger charge is 2.31. The Morgan fingerprint density at radius 1 is 1.21 bits per heavy atom. The molecule has 0 unspecified atom stereocenters. The number of hydrogen-bond donors (Lipinski definition) is 2. The molecule has 2 heterocycles. The molecule has 1 aliphatic carbocycles. The standard InChI is InChI=1S/C17H20FN5O/c18-12-3-1-11(2-4-12)16(17(24)22-13-5-6-13)21-14-7-8-15-19-10-20-23(15)9-14/h1-4,10,13-14,16,21H,5-9H2,(H,22,24)/t14-,16-/m1/s1. The number of amides is 1. The number of hydrogen-bond acceptors (Lipinski definition) is 4. The molecule has 0 radical (unpaired) electrons. The minimum Gasteiger partial charge on any atom is -0.352 e. The lowest BCUT2D eigenvalue weighted by molar-refractivity contribution is -0.123. The van der Waals surface area contributed by atoms with Crippen LogP contribution in [0.3, 0.4) is 0 Å². The molecule has 2 aromatic rings. The van der Waals surface area contributed by atoms with Crippen molar-refractivity contribution in [1.29, 1.82) is 0 Å². The van der Waals surface area contributed by atoms with Crippen LogP contribution in [0.1, 0.15) is 36.7 Å². The van der Waals surface area contributed by atoms with E-state index in [0.29, 0.717) is 6.54 Å². The summed E-state index contributed by atoms with van der Waals surface area (Å²) in [6.07, 6.45) is 5.36. The lowest BCUT2D eigenvalue weighted by Gasteiger charge is -2.28. The number of nitrogens with one attached hydrogen (secondary N) is 2. The van der Waals surface area contributed by atoms with Gasteiger partial charge >= 0.3 is 0 Å². The number of rotatable bonds is 5. The molecular weight excluding hydrogens is 309 g/mol. The summed E-state index contributed by atoms with van der Waals surface area (Å²) in [5.74, 6) is 0.632. The minimum atomic E-state index is -0.485. The Balaban J connectivity index is 1.51. The lowest BCUT2D eigenvalue weighted by Crippen LogP contribution is -2.46. The summed E-state index contributed by atoms with van der Waals surface area (Å²) < 4.78 is 15.1. The molecule has 1 aromatic carbocycles. The van der Waals surface area contributed by atoms with Crippen molar-refractivity contribution in [2.24, 2.45) is 0 Å². The first-order valence-electron chi connectivity index (χ1n) is 8.37. The van der Waals surface area contributed by atoms with Crippen LogP contribution in [0.2, 0.25) is 0 Å². The molecule has 1 aliphatic heterocycles. The van der Waals surface area contributed by atoms with E-state index >= 15 is 0 Å². The zero-order valence-corrected chi connectivity index (χ0v) is 13.3. The maximum absolute atomic E-state index is 13.2. The van der Waals surface area contributed by atoms with Crippen LogP contribution in [0, 0.1) is 5.82 Å². The number of benzene rings is 1. The summed E-state index contributed by atoms with van der Waals surface area (Å²) in [4.78, 5) is 16.9. The molecule has 0 bridgehead atoms. The Morgan fingerprint density at radius 2 is 2.00 bits per heavy atom. The first-order valence-corrected chi connectivity index (χ1v) is 8.37. The van der Waals surface area contributed by atoms with Gasteiger partial charge in [-0.05, 0) is 37.0 Å². The summed E-state index contributed by atoms with van der Waals surface area (Å²) in [5, 5.41) is 10.7. The third-order valence-corrected chi connectivity index (χ3v) is 4.60. The van der Waals surface area contributed by atoms with Gasteiger partial charge in [0.2, 0.25) is 5.91 Å². The maximum Gasteiger partial charge on any atom is 0.241 e. The van der Waals surface area contributed by atoms with Gasteiger partial charge in [0.15, 0.2) is 0 Å². The van der Waals surface area contributed by atoms with Gasteiger partial charge in [-0.15, -0.1) is 0 Å². The van der Waals surface area contributed by atoms with E-state index in [1.807, 2.05) is 4.68 Å². The molecule has 6 nitrogen and oxygen atoms in total. The zero-order valence-electron chi connectivity index (χ0n) is 13.3. The number of carbonyl (C=O) groups is 1. The molecule has 0 spiro atoms. The van der Waals surface area contributed by atoms with E-state index in [1.165, 1.54) is 12.1 Å². The Kier molecular flexibility index (Phi) is 4.02. The molecule has 2 atom stereocenters. The van der Waals surface area contributed by atoms with Crippen LogP contribution in [0.4, 0.5) is 4.39 Å². The normalized spacial score (nSPS) is 21.1. The third kappa shape index (κ3) is 3.31. The summed E-state index contributed by atoms with van der Waals surface area (Å²) in [6, 6.07) is 6.05. The average Bonchev–Trinajstić information content (AvgIpc) is 3.27. The molecule has 0 saturated heterocycles. The Morgan fingerprint density at radius 3 is 2.75 bits per heavy atom. The van der Waals surface area contributed by atoms with Gasteiger partial charge in [0.05, 0.1) is 6.54 Å². The second-order valence-electron chi connectivity index (χ2n) is 6.53. The highest BCUT2D eigenvalue weighted by Crippen LogP contribution is 2.23. The fraction of sp³-hybridized carbons (Fsp3) is 0.471. The Labute approximate surface area is 139 Å².